The first-order chi connectivity index (χ1) is 13.4. The molecule has 0 spiro atoms. The summed E-state index contributed by atoms with van der Waals surface area (Å²) in [5.41, 5.74) is 0.0612. The van der Waals surface area contributed by atoms with Crippen LogP contribution in [0.1, 0.15) is 40.5 Å². The molecule has 2 heterocycles. The van der Waals surface area contributed by atoms with Crippen molar-refractivity contribution in [3.05, 3.63) is 78.1 Å². The summed E-state index contributed by atoms with van der Waals surface area (Å²) in [5, 5.41) is 0. The number of hydrogen-bond acceptors (Lipinski definition) is 4. The van der Waals surface area contributed by atoms with Crippen LogP contribution in [0.15, 0.2) is 66.3 Å². The van der Waals surface area contributed by atoms with E-state index in [2.05, 4.69) is 16.6 Å². The number of benzene rings is 1. The molecule has 0 amide bonds. The van der Waals surface area contributed by atoms with Crippen molar-refractivity contribution >= 4 is 11.6 Å². The topological polar surface area (TPSA) is 45.6 Å². The van der Waals surface area contributed by atoms with Crippen molar-refractivity contribution in [2.75, 3.05) is 13.1 Å². The molecule has 146 valence electrons. The number of alkyl halides is 3. The third-order valence-corrected chi connectivity index (χ3v) is 4.56. The Kier molecular flexibility index (Phi) is 5.92. The van der Waals surface area contributed by atoms with E-state index in [-0.39, 0.29) is 17.4 Å². The molecule has 0 aliphatic carbocycles. The number of amidine groups is 1. The Morgan fingerprint density at radius 2 is 1.96 bits per heavy atom. The number of ketones is 1. The quantitative estimate of drug-likeness (QED) is 0.533. The molecule has 1 aromatic carbocycles. The SMILES string of the molecule is C=CCCN1CCC(c2ccccc2)N=C1C(=O)c1ccc(C(F)(F)F)nc1. The first-order valence-corrected chi connectivity index (χ1v) is 8.96. The van der Waals surface area contributed by atoms with Crippen molar-refractivity contribution in [1.29, 1.82) is 0 Å². The van der Waals surface area contributed by atoms with E-state index in [1.807, 2.05) is 35.2 Å². The maximum atomic E-state index is 13.0. The van der Waals surface area contributed by atoms with Gasteiger partial charge >= 0.3 is 6.18 Å². The van der Waals surface area contributed by atoms with E-state index in [9.17, 15) is 18.0 Å². The zero-order chi connectivity index (χ0) is 20.1. The van der Waals surface area contributed by atoms with E-state index in [1.54, 1.807) is 6.08 Å². The molecule has 1 atom stereocenters. The van der Waals surface area contributed by atoms with Crippen LogP contribution in [-0.2, 0) is 6.18 Å². The van der Waals surface area contributed by atoms with Crippen molar-refractivity contribution in [3.8, 4) is 0 Å². The average Bonchev–Trinajstić information content (AvgIpc) is 2.72. The van der Waals surface area contributed by atoms with Gasteiger partial charge in [0.25, 0.3) is 0 Å². The largest absolute Gasteiger partial charge is 0.433 e. The number of carbonyl (C=O) groups excluding carboxylic acids is 1. The molecule has 1 aliphatic rings. The molecular formula is C21H20F3N3O. The fourth-order valence-corrected chi connectivity index (χ4v) is 3.09. The predicted octanol–water partition coefficient (Wildman–Crippen LogP) is 4.70. The van der Waals surface area contributed by atoms with Gasteiger partial charge in [0.2, 0.25) is 5.78 Å². The number of carbonyl (C=O) groups is 1. The molecule has 0 bridgehead atoms. The maximum absolute atomic E-state index is 13.0. The molecule has 1 aromatic heterocycles. The van der Waals surface area contributed by atoms with Gasteiger partial charge in [-0.25, -0.2) is 0 Å². The minimum Gasteiger partial charge on any atom is -0.353 e. The summed E-state index contributed by atoms with van der Waals surface area (Å²) >= 11 is 0. The first kappa shape index (κ1) is 19.8. The Morgan fingerprint density at radius 3 is 2.57 bits per heavy atom. The monoisotopic (exact) mass is 387 g/mol. The zero-order valence-corrected chi connectivity index (χ0v) is 15.2. The van der Waals surface area contributed by atoms with E-state index in [0.29, 0.717) is 19.5 Å². The number of halogens is 3. The van der Waals surface area contributed by atoms with Gasteiger partial charge in [-0.1, -0.05) is 36.4 Å². The molecule has 28 heavy (non-hydrogen) atoms. The molecule has 7 heteroatoms. The number of aliphatic imine (C=N–C) groups is 1. The predicted molar refractivity (Wildman–Crippen MR) is 101 cm³/mol. The standard InChI is InChI=1S/C21H20F3N3O/c1-2-3-12-27-13-11-17(15-7-5-4-6-8-15)26-20(27)19(28)16-9-10-18(25-14-16)21(22,23)24/h2,4-10,14,17H,1,3,11-13H2. The van der Waals surface area contributed by atoms with Crippen LogP contribution < -0.4 is 0 Å². The lowest BCUT2D eigenvalue weighted by Gasteiger charge is -2.32. The number of pyridine rings is 1. The number of Topliss-reactive ketones (excluding diaryl/α,β-unsaturated/α-hetero) is 1. The van der Waals surface area contributed by atoms with Gasteiger partial charge in [-0.05, 0) is 30.5 Å². The lowest BCUT2D eigenvalue weighted by molar-refractivity contribution is -0.141. The average molecular weight is 387 g/mol. The molecule has 1 aliphatic heterocycles. The molecule has 0 N–H and O–H groups in total. The third-order valence-electron chi connectivity index (χ3n) is 4.56. The lowest BCUT2D eigenvalue weighted by atomic mass is 10.0. The summed E-state index contributed by atoms with van der Waals surface area (Å²) in [6, 6.07) is 11.4. The fourth-order valence-electron chi connectivity index (χ4n) is 3.09. The van der Waals surface area contributed by atoms with E-state index >= 15 is 0 Å². The van der Waals surface area contributed by atoms with Crippen LogP contribution in [0.2, 0.25) is 0 Å². The summed E-state index contributed by atoms with van der Waals surface area (Å²) in [7, 11) is 0. The molecule has 0 fully saturated rings. The van der Waals surface area contributed by atoms with Crippen molar-refractivity contribution in [1.82, 2.24) is 9.88 Å². The minimum atomic E-state index is -4.54. The highest BCUT2D eigenvalue weighted by molar-refractivity contribution is 6.45. The number of rotatable bonds is 6. The molecule has 1 unspecified atom stereocenters. The number of aromatic nitrogens is 1. The Hall–Kier alpha value is -2.96. The van der Waals surface area contributed by atoms with Crippen LogP contribution in [-0.4, -0.2) is 34.6 Å². The van der Waals surface area contributed by atoms with Gasteiger partial charge in [-0.3, -0.25) is 14.8 Å². The van der Waals surface area contributed by atoms with Crippen LogP contribution in [0.3, 0.4) is 0 Å². The highest BCUT2D eigenvalue weighted by atomic mass is 19.4. The summed E-state index contributed by atoms with van der Waals surface area (Å²) in [6.45, 7) is 4.90. The van der Waals surface area contributed by atoms with Crippen LogP contribution >= 0.6 is 0 Å². The summed E-state index contributed by atoms with van der Waals surface area (Å²) < 4.78 is 38.2. The Balaban J connectivity index is 1.91. The van der Waals surface area contributed by atoms with E-state index in [1.165, 1.54) is 0 Å². The third kappa shape index (κ3) is 4.47. The van der Waals surface area contributed by atoms with Gasteiger partial charge in [-0.2, -0.15) is 13.2 Å². The summed E-state index contributed by atoms with van der Waals surface area (Å²) in [5.74, 6) is -0.172. The van der Waals surface area contributed by atoms with Crippen LogP contribution in [0, 0.1) is 0 Å². The van der Waals surface area contributed by atoms with E-state index in [4.69, 9.17) is 0 Å². The van der Waals surface area contributed by atoms with Crippen LogP contribution in [0.5, 0.6) is 0 Å². The first-order valence-electron chi connectivity index (χ1n) is 8.96. The Morgan fingerprint density at radius 1 is 1.21 bits per heavy atom. The minimum absolute atomic E-state index is 0.0871. The van der Waals surface area contributed by atoms with Gasteiger partial charge in [-0.15, -0.1) is 6.58 Å². The molecular weight excluding hydrogens is 367 g/mol. The molecule has 0 saturated heterocycles. The number of nitrogens with zero attached hydrogens (tertiary/aromatic N) is 3. The summed E-state index contributed by atoms with van der Waals surface area (Å²) in [6.07, 6.45) is -0.397. The highest BCUT2D eigenvalue weighted by Gasteiger charge is 2.33. The second kappa shape index (κ2) is 8.37. The van der Waals surface area contributed by atoms with E-state index < -0.39 is 17.7 Å². The molecule has 2 aromatic rings. The fraction of sp³-hybridized carbons (Fsp3) is 0.286. The second-order valence-corrected chi connectivity index (χ2v) is 6.49. The second-order valence-electron chi connectivity index (χ2n) is 6.49. The van der Waals surface area contributed by atoms with Crippen molar-refractivity contribution in [3.63, 3.8) is 0 Å². The Labute approximate surface area is 161 Å². The maximum Gasteiger partial charge on any atom is 0.433 e. The van der Waals surface area contributed by atoms with Gasteiger partial charge in [0.15, 0.2) is 5.84 Å². The normalized spacial score (nSPS) is 17.2. The summed E-state index contributed by atoms with van der Waals surface area (Å²) in [4.78, 5) is 22.9. The van der Waals surface area contributed by atoms with E-state index in [0.717, 1.165) is 30.3 Å². The molecule has 4 nitrogen and oxygen atoms in total. The zero-order valence-electron chi connectivity index (χ0n) is 15.2. The smallest absolute Gasteiger partial charge is 0.353 e. The number of hydrogen-bond donors (Lipinski definition) is 0. The molecule has 0 saturated carbocycles. The molecule has 0 radical (unpaired) electrons. The van der Waals surface area contributed by atoms with Crippen molar-refractivity contribution in [2.24, 2.45) is 4.99 Å². The van der Waals surface area contributed by atoms with Gasteiger partial charge in [0.05, 0.1) is 6.04 Å². The van der Waals surface area contributed by atoms with Crippen molar-refractivity contribution in [2.45, 2.75) is 25.1 Å². The highest BCUT2D eigenvalue weighted by Crippen LogP contribution is 2.29. The van der Waals surface area contributed by atoms with Gasteiger partial charge < -0.3 is 4.90 Å². The van der Waals surface area contributed by atoms with Gasteiger partial charge in [0.1, 0.15) is 5.69 Å². The molecule has 3 rings (SSSR count). The lowest BCUT2D eigenvalue weighted by Crippen LogP contribution is -2.41. The van der Waals surface area contributed by atoms with Crippen LogP contribution in [0.4, 0.5) is 13.2 Å². The Bertz CT molecular complexity index is 861. The van der Waals surface area contributed by atoms with Gasteiger partial charge in [0, 0.05) is 24.8 Å². The van der Waals surface area contributed by atoms with Crippen LogP contribution in [0.25, 0.3) is 0 Å². The van der Waals surface area contributed by atoms with Crippen molar-refractivity contribution < 1.29 is 18.0 Å².